The van der Waals surface area contributed by atoms with Crippen molar-refractivity contribution < 1.29 is 0 Å². The van der Waals surface area contributed by atoms with Gasteiger partial charge in [0.15, 0.2) is 0 Å². The Morgan fingerprint density at radius 3 is 2.23 bits per heavy atom. The minimum absolute atomic E-state index is 0.638. The fourth-order valence-electron chi connectivity index (χ4n) is 3.62. The van der Waals surface area contributed by atoms with E-state index in [1.807, 2.05) is 12.1 Å². The van der Waals surface area contributed by atoms with Crippen LogP contribution in [0, 0.1) is 0 Å². The van der Waals surface area contributed by atoms with Gasteiger partial charge in [0.05, 0.1) is 17.1 Å². The lowest BCUT2D eigenvalue weighted by atomic mass is 10.00. The molecule has 1 aliphatic carbocycles. The predicted molar refractivity (Wildman–Crippen MR) is 102 cm³/mol. The van der Waals surface area contributed by atoms with Crippen LogP contribution in [0.1, 0.15) is 12.8 Å². The van der Waals surface area contributed by atoms with E-state index in [9.17, 15) is 0 Å². The number of anilines is 4. The summed E-state index contributed by atoms with van der Waals surface area (Å²) < 4.78 is 0. The normalized spacial score (nSPS) is 15.7. The van der Waals surface area contributed by atoms with Crippen LogP contribution in [-0.2, 0) is 0 Å². The van der Waals surface area contributed by atoms with E-state index >= 15 is 0 Å². The van der Waals surface area contributed by atoms with Crippen LogP contribution in [0.2, 0.25) is 0 Å². The van der Waals surface area contributed by atoms with Gasteiger partial charge in [-0.2, -0.15) is 0 Å². The lowest BCUT2D eigenvalue weighted by Gasteiger charge is -2.41. The zero-order valence-electron chi connectivity index (χ0n) is 14.2. The highest BCUT2D eigenvalue weighted by Crippen LogP contribution is 2.48. The van der Waals surface area contributed by atoms with E-state index in [2.05, 4.69) is 79.4 Å². The second kappa shape index (κ2) is 6.11. The third-order valence-corrected chi connectivity index (χ3v) is 4.69. The first-order valence-corrected chi connectivity index (χ1v) is 8.69. The van der Waals surface area contributed by atoms with Gasteiger partial charge in [-0.3, -0.25) is 4.90 Å². The number of fused-ring (bicyclic) bond motifs is 1. The van der Waals surface area contributed by atoms with Crippen molar-refractivity contribution in [2.75, 3.05) is 9.80 Å². The first-order valence-electron chi connectivity index (χ1n) is 8.69. The molecule has 1 aromatic heterocycles. The Labute approximate surface area is 152 Å². The number of nitrogens with zero attached hydrogens (tertiary/aromatic N) is 5. The van der Waals surface area contributed by atoms with E-state index in [0.29, 0.717) is 5.95 Å². The van der Waals surface area contributed by atoms with Gasteiger partial charge in [0.2, 0.25) is 5.95 Å². The highest BCUT2D eigenvalue weighted by Gasteiger charge is 2.33. The average molecular weight is 339 g/mol. The van der Waals surface area contributed by atoms with Gasteiger partial charge in [-0.05, 0) is 43.2 Å². The molecule has 3 aromatic rings. The van der Waals surface area contributed by atoms with Crippen LogP contribution in [0.5, 0.6) is 0 Å². The van der Waals surface area contributed by atoms with Crippen LogP contribution >= 0.6 is 0 Å². The zero-order chi connectivity index (χ0) is 17.3. The number of hydrogen-bond acceptors (Lipinski definition) is 5. The summed E-state index contributed by atoms with van der Waals surface area (Å²) in [5.74, 6) is 0.638. The Kier molecular flexibility index (Phi) is 3.49. The smallest absolute Gasteiger partial charge is 0.237 e. The van der Waals surface area contributed by atoms with Crippen molar-refractivity contribution in [3.63, 3.8) is 0 Å². The molecule has 0 spiro atoms. The number of benzene rings is 2. The molecule has 26 heavy (non-hydrogen) atoms. The Hall–Kier alpha value is -3.47. The summed E-state index contributed by atoms with van der Waals surface area (Å²) >= 11 is 0. The van der Waals surface area contributed by atoms with E-state index in [-0.39, 0.29) is 0 Å². The molecule has 5 rings (SSSR count). The maximum Gasteiger partial charge on any atom is 0.237 e. The summed E-state index contributed by atoms with van der Waals surface area (Å²) in [6.45, 7) is 0. The molecule has 0 saturated carbocycles. The number of hydrogen-bond donors (Lipinski definition) is 0. The van der Waals surface area contributed by atoms with Crippen LogP contribution in [0.25, 0.3) is 0 Å². The Morgan fingerprint density at radius 2 is 1.46 bits per heavy atom. The van der Waals surface area contributed by atoms with Crippen molar-refractivity contribution in [3.05, 3.63) is 90.8 Å². The zero-order valence-corrected chi connectivity index (χ0v) is 14.2. The Morgan fingerprint density at radius 1 is 0.769 bits per heavy atom. The average Bonchev–Trinajstić information content (AvgIpc) is 2.73. The molecule has 0 N–H and O–H groups in total. The number of allylic oxidation sites excluding steroid dienone is 3. The van der Waals surface area contributed by atoms with Crippen LogP contribution in [-0.4, -0.2) is 15.0 Å². The van der Waals surface area contributed by atoms with Gasteiger partial charge in [0.1, 0.15) is 12.7 Å². The summed E-state index contributed by atoms with van der Waals surface area (Å²) in [5, 5.41) is 0. The summed E-state index contributed by atoms with van der Waals surface area (Å²) in [7, 11) is 0. The molecule has 5 nitrogen and oxygen atoms in total. The minimum Gasteiger partial charge on any atom is -0.310 e. The van der Waals surface area contributed by atoms with Gasteiger partial charge in [0, 0.05) is 11.4 Å². The van der Waals surface area contributed by atoms with Crippen molar-refractivity contribution in [1.82, 2.24) is 15.0 Å². The predicted octanol–water partition coefficient (Wildman–Crippen LogP) is 4.72. The Balaban J connectivity index is 1.78. The molecule has 126 valence electrons. The molecule has 1 aliphatic heterocycles. The second-order valence-electron chi connectivity index (χ2n) is 6.21. The van der Waals surface area contributed by atoms with Gasteiger partial charge in [-0.15, -0.1) is 0 Å². The molecule has 2 heterocycles. The van der Waals surface area contributed by atoms with E-state index in [4.69, 9.17) is 0 Å². The SMILES string of the molecule is C1=CC2=C(CC1)N(c1ccccc1)c1ccccc1N2c1ncncn1. The van der Waals surface area contributed by atoms with Crippen molar-refractivity contribution in [2.45, 2.75) is 12.8 Å². The largest absolute Gasteiger partial charge is 0.310 e. The molecule has 2 aromatic carbocycles. The van der Waals surface area contributed by atoms with Gasteiger partial charge in [0.25, 0.3) is 0 Å². The number of aromatic nitrogens is 3. The van der Waals surface area contributed by atoms with E-state index < -0.39 is 0 Å². The fraction of sp³-hybridized carbons (Fsp3) is 0.0952. The van der Waals surface area contributed by atoms with Crippen LogP contribution in [0.15, 0.2) is 90.8 Å². The molecule has 0 radical (unpaired) electrons. The van der Waals surface area contributed by atoms with E-state index in [1.54, 1.807) is 12.7 Å². The molecule has 0 fully saturated rings. The third-order valence-electron chi connectivity index (χ3n) is 4.69. The van der Waals surface area contributed by atoms with Crippen molar-refractivity contribution >= 4 is 23.0 Å². The molecule has 2 aliphatic rings. The molecular formula is C21H17N5. The summed E-state index contributed by atoms with van der Waals surface area (Å²) in [5.41, 5.74) is 5.74. The van der Waals surface area contributed by atoms with Crippen molar-refractivity contribution in [3.8, 4) is 0 Å². The van der Waals surface area contributed by atoms with Gasteiger partial charge >= 0.3 is 0 Å². The maximum atomic E-state index is 4.41. The monoisotopic (exact) mass is 339 g/mol. The second-order valence-corrected chi connectivity index (χ2v) is 6.21. The molecule has 0 amide bonds. The summed E-state index contributed by atoms with van der Waals surface area (Å²) in [6.07, 6.45) is 9.47. The minimum atomic E-state index is 0.638. The lowest BCUT2D eigenvalue weighted by molar-refractivity contribution is 0.854. The standard InChI is InChI=1S/C21H17N5/c1-2-8-16(9-3-1)25-17-10-4-6-12-19(17)26(21-23-14-22-15-24-21)20-13-7-5-11-18(20)25/h1-4,6-10,12-15H,5,11H2. The van der Waals surface area contributed by atoms with Gasteiger partial charge < -0.3 is 4.90 Å². The molecule has 0 unspecified atom stereocenters. The van der Waals surface area contributed by atoms with Crippen molar-refractivity contribution in [1.29, 1.82) is 0 Å². The molecule has 0 saturated heterocycles. The molecule has 5 heteroatoms. The van der Waals surface area contributed by atoms with Gasteiger partial charge in [-0.1, -0.05) is 36.4 Å². The molecular weight excluding hydrogens is 322 g/mol. The first-order chi connectivity index (χ1) is 12.9. The van der Waals surface area contributed by atoms with Crippen LogP contribution in [0.3, 0.4) is 0 Å². The quantitative estimate of drug-likeness (QED) is 0.676. The van der Waals surface area contributed by atoms with E-state index in [1.165, 1.54) is 5.70 Å². The van der Waals surface area contributed by atoms with E-state index in [0.717, 1.165) is 35.6 Å². The van der Waals surface area contributed by atoms with Crippen LogP contribution in [0.4, 0.5) is 23.0 Å². The fourth-order valence-corrected chi connectivity index (χ4v) is 3.62. The van der Waals surface area contributed by atoms with Crippen molar-refractivity contribution in [2.24, 2.45) is 0 Å². The lowest BCUT2D eigenvalue weighted by Crippen LogP contribution is -2.32. The third kappa shape index (κ3) is 2.29. The maximum absolute atomic E-state index is 4.41. The summed E-state index contributed by atoms with van der Waals surface area (Å²) in [6, 6.07) is 18.9. The highest BCUT2D eigenvalue weighted by molar-refractivity contribution is 5.89. The summed E-state index contributed by atoms with van der Waals surface area (Å²) in [4.78, 5) is 17.3. The van der Waals surface area contributed by atoms with Gasteiger partial charge in [-0.25, -0.2) is 15.0 Å². The highest BCUT2D eigenvalue weighted by atomic mass is 15.3. The Bertz CT molecular complexity index is 995. The first kappa shape index (κ1) is 14.8. The topological polar surface area (TPSA) is 45.2 Å². The molecule has 0 atom stereocenters. The number of rotatable bonds is 2. The van der Waals surface area contributed by atoms with Crippen LogP contribution < -0.4 is 9.80 Å². The molecule has 0 bridgehead atoms. The number of para-hydroxylation sites is 3.